The lowest BCUT2D eigenvalue weighted by Crippen LogP contribution is -2.36. The number of carbonyl (C=O) groups is 2. The molecule has 2 aromatic rings. The smallest absolute Gasteiger partial charge is 0.243 e. The first kappa shape index (κ1) is 22.3. The fourth-order valence-electron chi connectivity index (χ4n) is 4.45. The van der Waals surface area contributed by atoms with Gasteiger partial charge in [0.2, 0.25) is 17.7 Å². The van der Waals surface area contributed by atoms with Crippen molar-refractivity contribution in [2.45, 2.75) is 45.6 Å². The summed E-state index contributed by atoms with van der Waals surface area (Å²) < 4.78 is 5.94. The minimum atomic E-state index is -0.114. The zero-order chi connectivity index (χ0) is 22.3. The summed E-state index contributed by atoms with van der Waals surface area (Å²) in [7, 11) is 0. The molecule has 1 fully saturated rings. The van der Waals surface area contributed by atoms with Crippen molar-refractivity contribution in [3.8, 4) is 11.6 Å². The number of carbonyl (C=O) groups excluding carboxylic acids is 2. The largest absolute Gasteiger partial charge is 0.437 e. The number of nitrogens with zero attached hydrogens (tertiary/aromatic N) is 3. The number of para-hydroxylation sites is 1. The third-order valence-corrected chi connectivity index (χ3v) is 6.13. The molecule has 1 aromatic heterocycles. The molecule has 0 spiro atoms. The van der Waals surface area contributed by atoms with E-state index in [1.165, 1.54) is 12.8 Å². The maximum absolute atomic E-state index is 13.1. The minimum Gasteiger partial charge on any atom is -0.437 e. The standard InChI is InChI=1S/C25H32N4O3/c1-19-7-5-15-28(17-19)16-6-14-26-23(30)11-12-24(31)29-18-20-8-2-3-10-22(20)32-25-21(29)9-4-13-27-25/h2-4,8-10,13,19H,5-7,11-12,14-18H2,1H3,(H,26,30). The Labute approximate surface area is 189 Å². The summed E-state index contributed by atoms with van der Waals surface area (Å²) >= 11 is 0. The highest BCUT2D eigenvalue weighted by molar-refractivity contribution is 5.96. The van der Waals surface area contributed by atoms with Crippen LogP contribution in [-0.4, -0.2) is 47.9 Å². The van der Waals surface area contributed by atoms with Crippen molar-refractivity contribution < 1.29 is 14.3 Å². The van der Waals surface area contributed by atoms with Crippen molar-refractivity contribution >= 4 is 17.5 Å². The summed E-state index contributed by atoms with van der Waals surface area (Å²) in [6.45, 7) is 6.67. The number of fused-ring (bicyclic) bond motifs is 2. The molecule has 170 valence electrons. The van der Waals surface area contributed by atoms with E-state index in [-0.39, 0.29) is 24.7 Å². The molecule has 1 N–H and O–H groups in total. The van der Waals surface area contributed by atoms with Crippen LogP contribution in [0.2, 0.25) is 0 Å². The van der Waals surface area contributed by atoms with E-state index >= 15 is 0 Å². The lowest BCUT2D eigenvalue weighted by molar-refractivity contribution is -0.125. The van der Waals surface area contributed by atoms with Crippen molar-refractivity contribution in [3.05, 3.63) is 48.2 Å². The second kappa shape index (κ2) is 10.6. The second-order valence-electron chi connectivity index (χ2n) is 8.77. The van der Waals surface area contributed by atoms with Gasteiger partial charge in [-0.1, -0.05) is 25.1 Å². The highest BCUT2D eigenvalue weighted by Gasteiger charge is 2.26. The molecule has 1 unspecified atom stereocenters. The van der Waals surface area contributed by atoms with Gasteiger partial charge in [-0.3, -0.25) is 9.59 Å². The van der Waals surface area contributed by atoms with E-state index in [4.69, 9.17) is 4.74 Å². The number of hydrogen-bond acceptors (Lipinski definition) is 5. The van der Waals surface area contributed by atoms with Crippen molar-refractivity contribution in [1.29, 1.82) is 0 Å². The van der Waals surface area contributed by atoms with Gasteiger partial charge in [0.1, 0.15) is 11.4 Å². The molecule has 0 bridgehead atoms. The molecule has 7 heteroatoms. The van der Waals surface area contributed by atoms with Crippen LogP contribution in [0.1, 0.15) is 44.6 Å². The van der Waals surface area contributed by atoms with E-state index in [1.807, 2.05) is 30.3 Å². The first-order chi connectivity index (χ1) is 15.6. The predicted molar refractivity (Wildman–Crippen MR) is 124 cm³/mol. The molecule has 1 aromatic carbocycles. The fraction of sp³-hybridized carbons (Fsp3) is 0.480. The van der Waals surface area contributed by atoms with Gasteiger partial charge in [0.15, 0.2) is 0 Å². The molecule has 2 aliphatic rings. The zero-order valence-corrected chi connectivity index (χ0v) is 18.8. The number of piperidine rings is 1. The Kier molecular flexibility index (Phi) is 7.37. The average Bonchev–Trinajstić information content (AvgIpc) is 2.97. The number of nitrogens with one attached hydrogen (secondary N) is 1. The van der Waals surface area contributed by atoms with Crippen LogP contribution in [-0.2, 0) is 16.1 Å². The molecule has 3 heterocycles. The summed E-state index contributed by atoms with van der Waals surface area (Å²) in [6, 6.07) is 11.3. The Balaban J connectivity index is 1.27. The molecule has 7 nitrogen and oxygen atoms in total. The zero-order valence-electron chi connectivity index (χ0n) is 18.8. The van der Waals surface area contributed by atoms with E-state index in [2.05, 4.69) is 22.1 Å². The van der Waals surface area contributed by atoms with Crippen molar-refractivity contribution in [3.63, 3.8) is 0 Å². The molecule has 0 saturated carbocycles. The molecule has 4 rings (SSSR count). The number of ether oxygens (including phenoxy) is 1. The number of likely N-dealkylation sites (tertiary alicyclic amines) is 1. The quantitative estimate of drug-likeness (QED) is 0.670. The number of anilines is 1. The van der Waals surface area contributed by atoms with Gasteiger partial charge in [-0.2, -0.15) is 0 Å². The predicted octanol–water partition coefficient (Wildman–Crippen LogP) is 3.74. The van der Waals surface area contributed by atoms with Gasteiger partial charge in [0, 0.05) is 37.7 Å². The van der Waals surface area contributed by atoms with Gasteiger partial charge in [0.05, 0.1) is 6.54 Å². The Hall–Kier alpha value is -2.93. The first-order valence-electron chi connectivity index (χ1n) is 11.6. The van der Waals surface area contributed by atoms with Gasteiger partial charge >= 0.3 is 0 Å². The monoisotopic (exact) mass is 436 g/mol. The number of hydrogen-bond donors (Lipinski definition) is 1. The van der Waals surface area contributed by atoms with Crippen LogP contribution < -0.4 is 15.0 Å². The highest BCUT2D eigenvalue weighted by Crippen LogP contribution is 2.37. The van der Waals surface area contributed by atoms with Gasteiger partial charge in [-0.15, -0.1) is 0 Å². The summed E-state index contributed by atoms with van der Waals surface area (Å²) in [5, 5.41) is 2.97. The van der Waals surface area contributed by atoms with E-state index in [1.54, 1.807) is 17.2 Å². The summed E-state index contributed by atoms with van der Waals surface area (Å²) in [4.78, 5) is 33.8. The summed E-state index contributed by atoms with van der Waals surface area (Å²) in [5.74, 6) is 1.67. The number of benzene rings is 1. The minimum absolute atomic E-state index is 0.0803. The van der Waals surface area contributed by atoms with E-state index in [0.29, 0.717) is 30.4 Å². The number of amides is 2. The van der Waals surface area contributed by atoms with Crippen LogP contribution >= 0.6 is 0 Å². The van der Waals surface area contributed by atoms with Crippen LogP contribution in [0.4, 0.5) is 5.69 Å². The van der Waals surface area contributed by atoms with E-state index < -0.39 is 0 Å². The van der Waals surface area contributed by atoms with Crippen LogP contribution in [0.5, 0.6) is 11.6 Å². The van der Waals surface area contributed by atoms with Gasteiger partial charge in [-0.05, 0) is 56.5 Å². The number of pyridine rings is 1. The maximum atomic E-state index is 13.1. The second-order valence-corrected chi connectivity index (χ2v) is 8.77. The van der Waals surface area contributed by atoms with Gasteiger partial charge in [0.25, 0.3) is 0 Å². The Morgan fingerprint density at radius 2 is 2.06 bits per heavy atom. The van der Waals surface area contributed by atoms with Crippen molar-refractivity contribution in [2.24, 2.45) is 5.92 Å². The van der Waals surface area contributed by atoms with E-state index in [9.17, 15) is 9.59 Å². The van der Waals surface area contributed by atoms with Crippen LogP contribution in [0.3, 0.4) is 0 Å². The van der Waals surface area contributed by atoms with Crippen molar-refractivity contribution in [1.82, 2.24) is 15.2 Å². The molecule has 1 atom stereocenters. The molecular weight excluding hydrogens is 404 g/mol. The van der Waals surface area contributed by atoms with Crippen LogP contribution in [0, 0.1) is 5.92 Å². The molecule has 2 aliphatic heterocycles. The van der Waals surface area contributed by atoms with E-state index in [0.717, 1.165) is 37.5 Å². The molecule has 32 heavy (non-hydrogen) atoms. The van der Waals surface area contributed by atoms with Crippen molar-refractivity contribution in [2.75, 3.05) is 31.1 Å². The lowest BCUT2D eigenvalue weighted by Gasteiger charge is -2.30. The fourth-order valence-corrected chi connectivity index (χ4v) is 4.45. The number of rotatable bonds is 7. The summed E-state index contributed by atoms with van der Waals surface area (Å²) in [6.07, 6.45) is 5.48. The maximum Gasteiger partial charge on any atom is 0.243 e. The molecule has 0 radical (unpaired) electrons. The normalized spacial score (nSPS) is 18.2. The van der Waals surface area contributed by atoms with Gasteiger partial charge in [-0.25, -0.2) is 4.98 Å². The first-order valence-corrected chi connectivity index (χ1v) is 11.6. The molecular formula is C25H32N4O3. The topological polar surface area (TPSA) is 74.8 Å². The lowest BCUT2D eigenvalue weighted by atomic mass is 10.0. The summed E-state index contributed by atoms with van der Waals surface area (Å²) in [5.41, 5.74) is 1.54. The molecule has 0 aliphatic carbocycles. The molecule has 1 saturated heterocycles. The SMILES string of the molecule is CC1CCCN(CCCNC(=O)CCC(=O)N2Cc3ccccc3Oc3ncccc32)C1. The number of aromatic nitrogens is 1. The van der Waals surface area contributed by atoms with Gasteiger partial charge < -0.3 is 19.9 Å². The van der Waals surface area contributed by atoms with Crippen LogP contribution in [0.15, 0.2) is 42.6 Å². The molecule has 2 amide bonds. The Morgan fingerprint density at radius 3 is 2.94 bits per heavy atom. The Morgan fingerprint density at radius 1 is 1.19 bits per heavy atom. The third kappa shape index (κ3) is 5.65. The highest BCUT2D eigenvalue weighted by atomic mass is 16.5. The third-order valence-electron chi connectivity index (χ3n) is 6.13. The Bertz CT molecular complexity index is 948. The van der Waals surface area contributed by atoms with Crippen LogP contribution in [0.25, 0.3) is 0 Å². The average molecular weight is 437 g/mol.